The van der Waals surface area contributed by atoms with Crippen LogP contribution in [0.3, 0.4) is 0 Å². The zero-order valence-electron chi connectivity index (χ0n) is 67.4. The van der Waals surface area contributed by atoms with Gasteiger partial charge in [0.1, 0.15) is 36.6 Å². The maximum absolute atomic E-state index is 12.9. The molecular weight excluding hydrogens is 1700 g/mol. The van der Waals surface area contributed by atoms with Gasteiger partial charge in [-0.15, -0.1) is 0 Å². The van der Waals surface area contributed by atoms with Gasteiger partial charge < -0.3 is 55.0 Å². The number of nitrogens with one attached hydrogen (secondary N) is 10. The largest absolute Gasteiger partial charge is 0.494 e. The second-order valence-corrected chi connectivity index (χ2v) is 30.9. The first kappa shape index (κ1) is 86.6. The van der Waals surface area contributed by atoms with Crippen molar-refractivity contribution in [2.24, 2.45) is 5.73 Å². The molecule has 0 saturated carbocycles. The van der Waals surface area contributed by atoms with Crippen molar-refractivity contribution in [1.29, 1.82) is 0 Å². The Labute approximate surface area is 742 Å². The van der Waals surface area contributed by atoms with E-state index < -0.39 is 35.4 Å². The number of ketones is 1. The number of ether oxygens (including phenoxy) is 3. The van der Waals surface area contributed by atoms with Crippen LogP contribution in [0, 0.1) is 0 Å². The van der Waals surface area contributed by atoms with Crippen LogP contribution in [0.1, 0.15) is 74.1 Å². The number of aromatic amines is 7. The molecule has 130 heavy (non-hydrogen) atoms. The van der Waals surface area contributed by atoms with Gasteiger partial charge in [-0.1, -0.05) is 166 Å². The molecule has 20 aromatic rings. The molecule has 0 saturated heterocycles. The number of carbonyl (C=O) groups is 9. The number of rotatable bonds is 16. The molecule has 13 N–H and O–H groups in total. The lowest BCUT2D eigenvalue weighted by atomic mass is 9.99. The van der Waals surface area contributed by atoms with E-state index in [1.54, 1.807) is 47.2 Å². The molecular formula is C94H76N20O14S2. The molecule has 3 aliphatic rings. The van der Waals surface area contributed by atoms with Gasteiger partial charge >= 0.3 is 5.97 Å². The minimum atomic E-state index is -0.927. The third kappa shape index (κ3) is 16.0. The molecule has 0 fully saturated rings. The van der Waals surface area contributed by atoms with E-state index in [0.717, 1.165) is 98.8 Å². The molecule has 8 aromatic carbocycles. The quantitative estimate of drug-likeness (QED) is 0.0185. The third-order valence-electron chi connectivity index (χ3n) is 21.3. The van der Waals surface area contributed by atoms with Crippen LogP contribution >= 0.6 is 23.5 Å². The number of hydrogen-bond donors (Lipinski definition) is 12. The molecule has 23 rings (SSSR count). The summed E-state index contributed by atoms with van der Waals surface area (Å²) in [6, 6.07) is 57.9. The number of imidazole rings is 5. The Bertz CT molecular complexity index is 8010. The zero-order chi connectivity index (χ0) is 88.5. The zero-order valence-corrected chi connectivity index (χ0v) is 69.0. The molecule has 15 heterocycles. The van der Waals surface area contributed by atoms with Crippen molar-refractivity contribution in [2.45, 2.75) is 54.8 Å². The van der Waals surface area contributed by atoms with Gasteiger partial charge in [-0.2, -0.15) is 0 Å². The van der Waals surface area contributed by atoms with E-state index in [9.17, 15) is 53.1 Å². The van der Waals surface area contributed by atoms with Crippen molar-refractivity contribution in [1.82, 2.24) is 94.3 Å². The molecule has 0 aliphatic carbocycles. The number of H-pyrrole nitrogens is 7. The lowest BCUT2D eigenvalue weighted by Crippen LogP contribution is -2.23. The monoisotopic (exact) mass is 1770 g/mol. The highest BCUT2D eigenvalue weighted by Crippen LogP contribution is 2.42. The molecule has 3 aliphatic heterocycles. The van der Waals surface area contributed by atoms with Crippen LogP contribution < -0.4 is 27.2 Å². The summed E-state index contributed by atoms with van der Waals surface area (Å²) < 4.78 is 20.1. The van der Waals surface area contributed by atoms with Gasteiger partial charge in [0.25, 0.3) is 46.8 Å². The standard InChI is InChI=1S/C23H18N4O3S.2C15H8N4O2.C15H10N4O2.C14H14N2O4S.C10H10N2O.2CH4/c1-30-13-27-18(12-25-23(27)31-14-7-3-2-4-8-14)20-19(21(28)26-22(20)29)16-11-24-17-10-6-5-9-15(16)17;20-14-11-9-5-16-6-19(9)13-10(12(11)15(21)18-14)7-3-1-2-4-8(7)17-13;20-14-9-8-6-3-1-2-4-7(6)18-12(8)13-11(16-5-17-13)10(9)15(21)19-14;20-14-12(9-5-17-10-4-2-1-3-8(9)10)13(15(21)19-14)11-6-16-7-18-11;1-19-9-16-11(12(17)13(18)20-2)8-15-14(16)21-10-6-4-3-5-7-10;11-10(13)5-7-6-12-9-4-2-1-3-8(7)9;;/h2-12,24H,13H2,1H3,(H,26,28,29);1-6,20H,(H,18,21);1-5,18H,(H,16,17)(H,19,20,21);1-7,17H,(H,16,18)(H,19,20,21);3-8H,9H2,1-2H3;1-4,6,12H,5H2,(H2,11,13);2*1H4. The first-order valence-corrected chi connectivity index (χ1v) is 40.8. The maximum Gasteiger partial charge on any atom is 0.381 e. The van der Waals surface area contributed by atoms with Gasteiger partial charge in [-0.05, 0) is 60.2 Å². The average molecular weight is 1770 g/mol. The number of esters is 1. The second-order valence-electron chi connectivity index (χ2n) is 28.8. The van der Waals surface area contributed by atoms with E-state index in [4.69, 9.17) is 15.2 Å². The first-order valence-electron chi connectivity index (χ1n) is 39.2. The molecule has 12 aromatic heterocycles. The summed E-state index contributed by atoms with van der Waals surface area (Å²) in [5.41, 5.74) is 18.4. The Kier molecular flexibility index (Phi) is 24.4. The number of benzene rings is 8. The van der Waals surface area contributed by atoms with Gasteiger partial charge in [-0.3, -0.25) is 77.6 Å². The van der Waals surface area contributed by atoms with Crippen LogP contribution in [-0.2, 0) is 62.9 Å². The molecule has 0 unspecified atom stereocenters. The molecule has 648 valence electrons. The fraction of sp³-hybridized carbons (Fsp3) is 0.0851. The van der Waals surface area contributed by atoms with Crippen molar-refractivity contribution in [3.8, 4) is 5.88 Å². The number of nitrogens with zero attached hydrogens (tertiary/aromatic N) is 9. The Morgan fingerprint density at radius 1 is 0.469 bits per heavy atom. The van der Waals surface area contributed by atoms with Crippen LogP contribution in [0.25, 0.3) is 126 Å². The number of nitrogens with two attached hydrogens (primary N) is 1. The fourth-order valence-corrected chi connectivity index (χ4v) is 17.5. The highest BCUT2D eigenvalue weighted by Gasteiger charge is 2.39. The first-order chi connectivity index (χ1) is 62.4. The van der Waals surface area contributed by atoms with Crippen molar-refractivity contribution in [3.05, 3.63) is 300 Å². The number of pyridine rings is 1. The number of amides is 7. The van der Waals surface area contributed by atoms with Crippen molar-refractivity contribution >= 4 is 203 Å². The van der Waals surface area contributed by atoms with Crippen molar-refractivity contribution in [3.63, 3.8) is 0 Å². The fourth-order valence-electron chi connectivity index (χ4n) is 15.8. The van der Waals surface area contributed by atoms with E-state index >= 15 is 0 Å². The summed E-state index contributed by atoms with van der Waals surface area (Å²) in [6.45, 7) is 0.309. The lowest BCUT2D eigenvalue weighted by molar-refractivity contribution is -0.135. The van der Waals surface area contributed by atoms with Gasteiger partial charge in [0.05, 0.1) is 129 Å². The second kappa shape index (κ2) is 36.7. The number of Topliss-reactive ketones (excluding diaryl/α,β-unsaturated/α-hetero) is 1. The molecule has 0 bridgehead atoms. The smallest absolute Gasteiger partial charge is 0.381 e. The summed E-state index contributed by atoms with van der Waals surface area (Å²) in [7, 11) is 4.25. The molecule has 36 heteroatoms. The highest BCUT2D eigenvalue weighted by molar-refractivity contribution is 7.99. The van der Waals surface area contributed by atoms with E-state index in [0.29, 0.717) is 100 Å². The molecule has 0 spiro atoms. The Hall–Kier alpha value is -17.0. The van der Waals surface area contributed by atoms with Gasteiger partial charge in [0, 0.05) is 113 Å². The molecule has 7 amide bonds. The summed E-state index contributed by atoms with van der Waals surface area (Å²) in [4.78, 5) is 169. The molecule has 34 nitrogen and oxygen atoms in total. The minimum Gasteiger partial charge on any atom is -0.494 e. The Morgan fingerprint density at radius 3 is 1.62 bits per heavy atom. The number of imide groups is 3. The van der Waals surface area contributed by atoms with E-state index in [1.165, 1.54) is 60.2 Å². The van der Waals surface area contributed by atoms with E-state index in [-0.39, 0.29) is 63.2 Å². The highest BCUT2D eigenvalue weighted by atomic mass is 32.2. The summed E-state index contributed by atoms with van der Waals surface area (Å²) in [5, 5.41) is 25.6. The predicted molar refractivity (Wildman–Crippen MR) is 492 cm³/mol. The van der Waals surface area contributed by atoms with Gasteiger partial charge in [0.2, 0.25) is 11.8 Å². The normalized spacial score (nSPS) is 12.8. The minimum absolute atomic E-state index is 0. The Balaban J connectivity index is 0.000000115. The number of aromatic hydroxyl groups is 1. The number of carbonyl (C=O) groups excluding carboxylic acids is 9. The number of primary amides is 1. The van der Waals surface area contributed by atoms with Gasteiger partial charge in [0.15, 0.2) is 10.3 Å². The average Bonchev–Trinajstić information content (AvgIpc) is 1.56. The number of fused-ring (bicyclic) bond motifs is 19. The predicted octanol–water partition coefficient (Wildman–Crippen LogP) is 13.7. The van der Waals surface area contributed by atoms with Crippen LogP contribution in [0.4, 0.5) is 0 Å². The summed E-state index contributed by atoms with van der Waals surface area (Å²) in [6.07, 6.45) is 16.4. The number of methoxy groups -OCH3 is 3. The topological polar surface area (TPSA) is 483 Å². The van der Waals surface area contributed by atoms with Crippen LogP contribution in [0.5, 0.6) is 5.88 Å². The van der Waals surface area contributed by atoms with Crippen molar-refractivity contribution in [2.75, 3.05) is 21.3 Å². The SMILES string of the molecule is C.C.COCn1c(C(=O)C(=O)OC)cnc1Sc1ccccc1.COCn1c(C2=C(c3c[nH]c4ccccc34)C(=O)NC2=O)cnc1Sc1ccccc1.NC(=O)Cc1c[nH]c2ccccc12.O=C1NC(=O)C(c2c[nH]c3ccccc23)=C1c1cnc[nH]1.O=C1NC(=O)c2c1c1nc[nH]c1c1[nH]c3ccccc3c21.O=c1[nH]c(O)c2c1c1c3ccccc3nc1n1cncc21. The maximum atomic E-state index is 12.9. The number of aromatic nitrogens is 16. The Morgan fingerprint density at radius 2 is 1.00 bits per heavy atom. The van der Waals surface area contributed by atoms with E-state index in [1.807, 2.05) is 188 Å². The number of para-hydroxylation sites is 5. The molecule has 0 radical (unpaired) electrons. The van der Waals surface area contributed by atoms with E-state index in [2.05, 4.69) is 85.5 Å². The summed E-state index contributed by atoms with van der Waals surface area (Å²) in [5.74, 6) is -4.54. The molecule has 0 atom stereocenters. The van der Waals surface area contributed by atoms with Crippen LogP contribution in [-0.4, -0.2) is 158 Å². The summed E-state index contributed by atoms with van der Waals surface area (Å²) >= 11 is 2.84. The number of hydrogen-bond acceptors (Lipinski definition) is 22. The van der Waals surface area contributed by atoms with Gasteiger partial charge in [-0.25, -0.2) is 34.7 Å². The van der Waals surface area contributed by atoms with Crippen LogP contribution in [0.15, 0.2) is 269 Å². The van der Waals surface area contributed by atoms with Crippen molar-refractivity contribution < 1.29 is 62.5 Å². The lowest BCUT2D eigenvalue weighted by Gasteiger charge is -2.11. The third-order valence-corrected chi connectivity index (χ3v) is 23.3. The van der Waals surface area contributed by atoms with Crippen LogP contribution in [0.2, 0.25) is 0 Å².